The van der Waals surface area contributed by atoms with Crippen molar-refractivity contribution >= 4 is 22.6 Å². The lowest BCUT2D eigenvalue weighted by Crippen LogP contribution is -2.41. The maximum absolute atomic E-state index is 13.0. The van der Waals surface area contributed by atoms with Crippen molar-refractivity contribution in [3.63, 3.8) is 0 Å². The molecule has 2 heterocycles. The molecule has 0 amide bonds. The molecule has 0 atom stereocenters. The van der Waals surface area contributed by atoms with E-state index in [1.165, 1.54) is 35.0 Å². The summed E-state index contributed by atoms with van der Waals surface area (Å²) in [4.78, 5) is 34.7. The number of nitrogens with zero attached hydrogens (tertiary/aromatic N) is 4. The van der Waals surface area contributed by atoms with Crippen molar-refractivity contribution in [2.24, 2.45) is 0 Å². The summed E-state index contributed by atoms with van der Waals surface area (Å²) in [6.45, 7) is 2.23. The quantitative estimate of drug-likeness (QED) is 0.458. The molecular weight excluding hydrogens is 423 g/mol. The molecule has 2 aromatic heterocycles. The van der Waals surface area contributed by atoms with E-state index >= 15 is 0 Å². The molecule has 0 unspecified atom stereocenters. The molecular formula is C22H18ClFN4O3. The molecule has 0 spiro atoms. The highest BCUT2D eigenvalue weighted by molar-refractivity contribution is 6.30. The van der Waals surface area contributed by atoms with E-state index in [1.807, 2.05) is 0 Å². The Morgan fingerprint density at radius 3 is 2.42 bits per heavy atom. The third-order valence-electron chi connectivity index (χ3n) is 4.78. The van der Waals surface area contributed by atoms with Crippen molar-refractivity contribution in [3.05, 3.63) is 86.4 Å². The van der Waals surface area contributed by atoms with Gasteiger partial charge >= 0.3 is 5.69 Å². The standard InChI is InChI=1S/C22H18ClFN4O3/c1-2-27-20-18(13-25-19(26-20)14-3-5-15(23)6-4-14)21(29)28(22(27)30)11-12-31-17-9-7-16(24)8-10-17/h3-10,13H,2,11-12H2,1H3. The highest BCUT2D eigenvalue weighted by atomic mass is 35.5. The lowest BCUT2D eigenvalue weighted by atomic mass is 10.2. The number of benzene rings is 2. The van der Waals surface area contributed by atoms with Gasteiger partial charge in [-0.05, 0) is 55.5 Å². The Labute approximate surface area is 181 Å². The number of rotatable bonds is 6. The summed E-state index contributed by atoms with van der Waals surface area (Å²) in [5, 5.41) is 0.821. The van der Waals surface area contributed by atoms with Gasteiger partial charge in [0.1, 0.15) is 23.6 Å². The highest BCUT2D eigenvalue weighted by Crippen LogP contribution is 2.19. The minimum atomic E-state index is -0.491. The van der Waals surface area contributed by atoms with Gasteiger partial charge in [0.2, 0.25) is 0 Å². The highest BCUT2D eigenvalue weighted by Gasteiger charge is 2.15. The van der Waals surface area contributed by atoms with Gasteiger partial charge in [0, 0.05) is 23.3 Å². The lowest BCUT2D eigenvalue weighted by molar-refractivity contribution is 0.292. The first-order valence-corrected chi connectivity index (χ1v) is 10.0. The van der Waals surface area contributed by atoms with Gasteiger partial charge in [0.15, 0.2) is 11.5 Å². The number of fused-ring (bicyclic) bond motifs is 1. The topological polar surface area (TPSA) is 79.0 Å². The van der Waals surface area contributed by atoms with E-state index < -0.39 is 11.2 Å². The molecule has 4 aromatic rings. The van der Waals surface area contributed by atoms with Gasteiger partial charge < -0.3 is 4.74 Å². The van der Waals surface area contributed by atoms with Crippen LogP contribution in [0.4, 0.5) is 4.39 Å². The summed E-state index contributed by atoms with van der Waals surface area (Å²) in [6.07, 6.45) is 1.43. The second kappa shape index (κ2) is 8.69. The van der Waals surface area contributed by atoms with E-state index in [1.54, 1.807) is 31.2 Å². The van der Waals surface area contributed by atoms with Crippen molar-refractivity contribution in [1.82, 2.24) is 19.1 Å². The molecule has 0 radical (unpaired) electrons. The Kier molecular flexibility index (Phi) is 5.81. The number of ether oxygens (including phenoxy) is 1. The molecule has 2 aromatic carbocycles. The molecule has 0 bridgehead atoms. The number of hydrogen-bond donors (Lipinski definition) is 0. The first-order chi connectivity index (χ1) is 15.0. The van der Waals surface area contributed by atoms with Gasteiger partial charge in [-0.25, -0.2) is 19.2 Å². The van der Waals surface area contributed by atoms with Gasteiger partial charge in [-0.1, -0.05) is 11.6 Å². The minimum Gasteiger partial charge on any atom is -0.492 e. The predicted molar refractivity (Wildman–Crippen MR) is 116 cm³/mol. The molecule has 4 rings (SSSR count). The fraction of sp³-hybridized carbons (Fsp3) is 0.182. The summed E-state index contributed by atoms with van der Waals surface area (Å²) in [7, 11) is 0. The molecule has 0 saturated carbocycles. The fourth-order valence-electron chi connectivity index (χ4n) is 3.20. The summed E-state index contributed by atoms with van der Waals surface area (Å²) in [5.41, 5.74) is 0.0185. The zero-order valence-corrected chi connectivity index (χ0v) is 17.3. The van der Waals surface area contributed by atoms with Gasteiger partial charge in [0.25, 0.3) is 5.56 Å². The number of aromatic nitrogens is 4. The summed E-state index contributed by atoms with van der Waals surface area (Å²) >= 11 is 5.93. The zero-order chi connectivity index (χ0) is 22.0. The van der Waals surface area contributed by atoms with E-state index in [9.17, 15) is 14.0 Å². The summed E-state index contributed by atoms with van der Waals surface area (Å²) in [5.74, 6) is 0.464. The third-order valence-corrected chi connectivity index (χ3v) is 5.03. The number of aryl methyl sites for hydroxylation is 1. The molecule has 0 aliphatic carbocycles. The number of hydrogen-bond acceptors (Lipinski definition) is 5. The van der Waals surface area contributed by atoms with Crippen LogP contribution in [0.3, 0.4) is 0 Å². The van der Waals surface area contributed by atoms with Crippen LogP contribution in [-0.2, 0) is 13.1 Å². The molecule has 7 nitrogen and oxygen atoms in total. The normalized spacial score (nSPS) is 11.1. The van der Waals surface area contributed by atoms with Crippen LogP contribution in [0.15, 0.2) is 64.3 Å². The lowest BCUT2D eigenvalue weighted by Gasteiger charge is -2.13. The second-order valence-electron chi connectivity index (χ2n) is 6.72. The van der Waals surface area contributed by atoms with Crippen LogP contribution in [0, 0.1) is 5.82 Å². The van der Waals surface area contributed by atoms with Crippen LogP contribution in [0.2, 0.25) is 5.02 Å². The van der Waals surface area contributed by atoms with Crippen molar-refractivity contribution < 1.29 is 9.13 Å². The first kappa shape index (κ1) is 20.7. The molecule has 0 aliphatic rings. The molecule has 9 heteroatoms. The van der Waals surface area contributed by atoms with E-state index in [0.29, 0.717) is 23.1 Å². The Hall–Kier alpha value is -3.52. The van der Waals surface area contributed by atoms with Gasteiger partial charge in [0.05, 0.1) is 6.54 Å². The summed E-state index contributed by atoms with van der Waals surface area (Å²) < 4.78 is 21.1. The van der Waals surface area contributed by atoms with Gasteiger partial charge in [-0.2, -0.15) is 0 Å². The molecule has 31 heavy (non-hydrogen) atoms. The molecule has 0 fully saturated rings. The zero-order valence-electron chi connectivity index (χ0n) is 16.6. The maximum atomic E-state index is 13.0. The van der Waals surface area contributed by atoms with E-state index in [4.69, 9.17) is 16.3 Å². The van der Waals surface area contributed by atoms with Crippen LogP contribution in [-0.4, -0.2) is 25.7 Å². The van der Waals surface area contributed by atoms with Gasteiger partial charge in [-0.3, -0.25) is 13.9 Å². The second-order valence-corrected chi connectivity index (χ2v) is 7.16. The Bertz CT molecular complexity index is 1350. The van der Waals surface area contributed by atoms with E-state index in [0.717, 1.165) is 10.1 Å². The van der Waals surface area contributed by atoms with Crippen molar-refractivity contribution in [1.29, 1.82) is 0 Å². The van der Waals surface area contributed by atoms with Gasteiger partial charge in [-0.15, -0.1) is 0 Å². The monoisotopic (exact) mass is 440 g/mol. The number of halogens is 2. The molecule has 0 N–H and O–H groups in total. The predicted octanol–water partition coefficient (Wildman–Crippen LogP) is 3.51. The Morgan fingerprint density at radius 1 is 1.03 bits per heavy atom. The van der Waals surface area contributed by atoms with Crippen LogP contribution >= 0.6 is 11.6 Å². The Morgan fingerprint density at radius 2 is 1.74 bits per heavy atom. The average molecular weight is 441 g/mol. The third kappa shape index (κ3) is 4.20. The van der Waals surface area contributed by atoms with Crippen LogP contribution < -0.4 is 16.0 Å². The van der Waals surface area contributed by atoms with E-state index in [-0.39, 0.29) is 30.0 Å². The molecule has 0 saturated heterocycles. The van der Waals surface area contributed by atoms with E-state index in [2.05, 4.69) is 9.97 Å². The average Bonchev–Trinajstić information content (AvgIpc) is 2.78. The fourth-order valence-corrected chi connectivity index (χ4v) is 3.33. The van der Waals surface area contributed by atoms with Crippen LogP contribution in [0.1, 0.15) is 6.92 Å². The SMILES string of the molecule is CCn1c(=O)n(CCOc2ccc(F)cc2)c(=O)c2cnc(-c3ccc(Cl)cc3)nc21. The first-order valence-electron chi connectivity index (χ1n) is 9.62. The smallest absolute Gasteiger partial charge is 0.332 e. The van der Waals surface area contributed by atoms with Crippen molar-refractivity contribution in [2.75, 3.05) is 6.61 Å². The van der Waals surface area contributed by atoms with Crippen LogP contribution in [0.25, 0.3) is 22.4 Å². The summed E-state index contributed by atoms with van der Waals surface area (Å²) in [6, 6.07) is 12.5. The Balaban J connectivity index is 1.69. The maximum Gasteiger partial charge on any atom is 0.332 e. The van der Waals surface area contributed by atoms with Crippen LogP contribution in [0.5, 0.6) is 5.75 Å². The van der Waals surface area contributed by atoms with Crippen molar-refractivity contribution in [2.45, 2.75) is 20.0 Å². The molecule has 0 aliphatic heterocycles. The largest absolute Gasteiger partial charge is 0.492 e. The minimum absolute atomic E-state index is 0.0317. The van der Waals surface area contributed by atoms with Crippen molar-refractivity contribution in [3.8, 4) is 17.1 Å². The molecule has 158 valence electrons.